The molecule has 0 saturated heterocycles. The maximum atomic E-state index is 12.9. The van der Waals surface area contributed by atoms with Gasteiger partial charge in [-0.3, -0.25) is 9.59 Å². The smallest absolute Gasteiger partial charge is 0.339 e. The van der Waals surface area contributed by atoms with E-state index in [1.807, 2.05) is 0 Å². The first kappa shape index (κ1) is 19.1. The van der Waals surface area contributed by atoms with Crippen LogP contribution in [-0.4, -0.2) is 31.4 Å². The Hall–Kier alpha value is -3.22. The molecule has 0 radical (unpaired) electrons. The first-order valence-corrected chi connectivity index (χ1v) is 7.89. The summed E-state index contributed by atoms with van der Waals surface area (Å²) in [5.74, 6) is -1.76. The van der Waals surface area contributed by atoms with E-state index in [0.717, 1.165) is 5.56 Å². The number of ether oxygens (including phenoxy) is 1. The van der Waals surface area contributed by atoms with Gasteiger partial charge in [0, 0.05) is 13.5 Å². The van der Waals surface area contributed by atoms with Crippen LogP contribution in [0.2, 0.25) is 0 Å². The molecule has 0 fully saturated rings. The van der Waals surface area contributed by atoms with Crippen LogP contribution in [0.1, 0.15) is 22.8 Å². The van der Waals surface area contributed by atoms with Gasteiger partial charge < -0.3 is 15.0 Å². The van der Waals surface area contributed by atoms with E-state index in [9.17, 15) is 18.8 Å². The van der Waals surface area contributed by atoms with Crippen LogP contribution in [0.25, 0.3) is 0 Å². The van der Waals surface area contributed by atoms with E-state index in [-0.39, 0.29) is 24.5 Å². The van der Waals surface area contributed by atoms with E-state index < -0.39 is 17.8 Å². The van der Waals surface area contributed by atoms with Crippen LogP contribution >= 0.6 is 0 Å². The predicted octanol–water partition coefficient (Wildman–Crippen LogP) is 2.28. The Balaban J connectivity index is 2.11. The molecule has 1 N–H and O–H groups in total. The number of hydrogen-bond acceptors (Lipinski definition) is 4. The first-order valence-electron chi connectivity index (χ1n) is 7.89. The molecule has 2 aromatic rings. The number of hydrogen-bond donors (Lipinski definition) is 1. The molecule has 0 aliphatic rings. The summed E-state index contributed by atoms with van der Waals surface area (Å²) in [4.78, 5) is 37.3. The van der Waals surface area contributed by atoms with Gasteiger partial charge in [-0.15, -0.1) is 0 Å². The van der Waals surface area contributed by atoms with E-state index in [4.69, 9.17) is 4.74 Å². The van der Waals surface area contributed by atoms with Gasteiger partial charge in [0.15, 0.2) is 0 Å². The van der Waals surface area contributed by atoms with Crippen molar-refractivity contribution in [3.05, 3.63) is 65.5 Å². The molecular formula is C19H19FN2O4. The number of benzene rings is 2. The summed E-state index contributed by atoms with van der Waals surface area (Å²) in [5, 5.41) is 2.66. The van der Waals surface area contributed by atoms with Crippen LogP contribution in [0.5, 0.6) is 0 Å². The average Bonchev–Trinajstić information content (AvgIpc) is 2.64. The lowest BCUT2D eigenvalue weighted by Crippen LogP contribution is -2.40. The van der Waals surface area contributed by atoms with Crippen molar-refractivity contribution in [3.63, 3.8) is 0 Å². The molecule has 0 spiro atoms. The molecule has 136 valence electrons. The van der Waals surface area contributed by atoms with Crippen molar-refractivity contribution in [1.82, 2.24) is 5.32 Å². The van der Waals surface area contributed by atoms with E-state index in [1.54, 1.807) is 30.3 Å². The summed E-state index contributed by atoms with van der Waals surface area (Å²) < 4.78 is 17.6. The highest BCUT2D eigenvalue weighted by Crippen LogP contribution is 2.21. The number of nitrogens with one attached hydrogen (secondary N) is 1. The number of esters is 1. The van der Waals surface area contributed by atoms with Crippen LogP contribution in [0.3, 0.4) is 0 Å². The van der Waals surface area contributed by atoms with Crippen LogP contribution in [0, 0.1) is 5.82 Å². The molecule has 0 aliphatic heterocycles. The Morgan fingerprint density at radius 1 is 1.08 bits per heavy atom. The summed E-state index contributed by atoms with van der Waals surface area (Å²) in [5.41, 5.74) is 1.21. The van der Waals surface area contributed by atoms with Crippen molar-refractivity contribution in [1.29, 1.82) is 0 Å². The van der Waals surface area contributed by atoms with Crippen molar-refractivity contribution in [2.24, 2.45) is 0 Å². The number of amides is 2. The minimum Gasteiger partial charge on any atom is -0.465 e. The Bertz CT molecular complexity index is 805. The first-order chi connectivity index (χ1) is 12.4. The topological polar surface area (TPSA) is 75.7 Å². The van der Waals surface area contributed by atoms with Gasteiger partial charge >= 0.3 is 5.97 Å². The van der Waals surface area contributed by atoms with E-state index in [1.165, 1.54) is 37.1 Å². The molecule has 0 atom stereocenters. The zero-order valence-corrected chi connectivity index (χ0v) is 14.5. The molecule has 0 saturated carbocycles. The zero-order chi connectivity index (χ0) is 19.1. The van der Waals surface area contributed by atoms with Crippen molar-refractivity contribution >= 4 is 23.5 Å². The molecular weight excluding hydrogens is 339 g/mol. The van der Waals surface area contributed by atoms with Crippen molar-refractivity contribution < 1.29 is 23.5 Å². The molecule has 7 heteroatoms. The molecule has 2 aromatic carbocycles. The lowest BCUT2D eigenvalue weighted by Gasteiger charge is -2.22. The maximum Gasteiger partial charge on any atom is 0.339 e. The van der Waals surface area contributed by atoms with Crippen LogP contribution in [-0.2, 0) is 20.9 Å². The van der Waals surface area contributed by atoms with Crippen molar-refractivity contribution in [2.45, 2.75) is 13.5 Å². The highest BCUT2D eigenvalue weighted by Gasteiger charge is 2.21. The third-order valence-corrected chi connectivity index (χ3v) is 3.68. The molecule has 2 rings (SSSR count). The summed E-state index contributed by atoms with van der Waals surface area (Å²) in [7, 11) is 1.24. The van der Waals surface area contributed by atoms with Gasteiger partial charge in [-0.2, -0.15) is 0 Å². The summed E-state index contributed by atoms with van der Waals surface area (Å²) >= 11 is 0. The maximum absolute atomic E-state index is 12.9. The second-order valence-corrected chi connectivity index (χ2v) is 5.52. The quantitative estimate of drug-likeness (QED) is 0.804. The highest BCUT2D eigenvalue weighted by molar-refractivity contribution is 6.04. The van der Waals surface area contributed by atoms with Crippen LogP contribution < -0.4 is 10.2 Å². The number of nitrogens with zero attached hydrogens (tertiary/aromatic N) is 1. The summed E-state index contributed by atoms with van der Waals surface area (Å²) in [6.07, 6.45) is 0. The van der Waals surface area contributed by atoms with Crippen molar-refractivity contribution in [3.8, 4) is 0 Å². The molecule has 26 heavy (non-hydrogen) atoms. The fourth-order valence-corrected chi connectivity index (χ4v) is 2.36. The molecule has 0 unspecified atom stereocenters. The number of rotatable bonds is 6. The Labute approximate surface area is 150 Å². The fourth-order valence-electron chi connectivity index (χ4n) is 2.36. The minimum atomic E-state index is -0.599. The standard InChI is InChI=1S/C19H19FN2O4/c1-13(23)22(17-6-4-3-5-16(17)19(25)26-2)12-18(24)21-11-14-7-9-15(20)10-8-14/h3-10H,11-12H2,1-2H3,(H,21,24). The molecule has 0 bridgehead atoms. The minimum absolute atomic E-state index is 0.191. The second-order valence-electron chi connectivity index (χ2n) is 5.52. The van der Waals surface area contributed by atoms with Gasteiger partial charge in [0.1, 0.15) is 12.4 Å². The van der Waals surface area contributed by atoms with E-state index >= 15 is 0 Å². The van der Waals surface area contributed by atoms with E-state index in [0.29, 0.717) is 5.69 Å². The SMILES string of the molecule is COC(=O)c1ccccc1N(CC(=O)NCc1ccc(F)cc1)C(C)=O. The third-order valence-electron chi connectivity index (χ3n) is 3.68. The Morgan fingerprint density at radius 3 is 2.35 bits per heavy atom. The average molecular weight is 358 g/mol. The van der Waals surface area contributed by atoms with E-state index in [2.05, 4.69) is 5.32 Å². The predicted molar refractivity (Wildman–Crippen MR) is 94.1 cm³/mol. The number of carbonyl (C=O) groups is 3. The number of halogens is 1. The lowest BCUT2D eigenvalue weighted by atomic mass is 10.1. The highest BCUT2D eigenvalue weighted by atomic mass is 19.1. The molecule has 0 heterocycles. The number of methoxy groups -OCH3 is 1. The zero-order valence-electron chi connectivity index (χ0n) is 14.5. The molecule has 0 aliphatic carbocycles. The van der Waals surface area contributed by atoms with Gasteiger partial charge in [0.2, 0.25) is 11.8 Å². The van der Waals surface area contributed by atoms with Crippen LogP contribution in [0.4, 0.5) is 10.1 Å². The van der Waals surface area contributed by atoms with Gasteiger partial charge in [-0.25, -0.2) is 9.18 Å². The number of anilines is 1. The normalized spacial score (nSPS) is 10.1. The summed E-state index contributed by atoms with van der Waals surface area (Å²) in [6.45, 7) is 1.25. The summed E-state index contributed by atoms with van der Waals surface area (Å²) in [6, 6.07) is 12.1. The number of carbonyl (C=O) groups excluding carboxylic acids is 3. The Kier molecular flexibility index (Phi) is 6.43. The third kappa shape index (κ3) is 4.89. The second kappa shape index (κ2) is 8.75. The number of para-hydroxylation sites is 1. The van der Waals surface area contributed by atoms with Gasteiger partial charge in [0.25, 0.3) is 0 Å². The van der Waals surface area contributed by atoms with Crippen molar-refractivity contribution in [2.75, 3.05) is 18.6 Å². The molecule has 2 amide bonds. The lowest BCUT2D eigenvalue weighted by molar-refractivity contribution is -0.123. The largest absolute Gasteiger partial charge is 0.465 e. The monoisotopic (exact) mass is 358 g/mol. The molecule has 0 aromatic heterocycles. The van der Waals surface area contributed by atoms with Gasteiger partial charge in [-0.05, 0) is 29.8 Å². The van der Waals surface area contributed by atoms with Gasteiger partial charge in [0.05, 0.1) is 18.4 Å². The fraction of sp³-hybridized carbons (Fsp3) is 0.211. The Morgan fingerprint density at radius 2 is 1.73 bits per heavy atom. The van der Waals surface area contributed by atoms with Crippen LogP contribution in [0.15, 0.2) is 48.5 Å². The molecule has 6 nitrogen and oxygen atoms in total. The van der Waals surface area contributed by atoms with Gasteiger partial charge in [-0.1, -0.05) is 24.3 Å².